The van der Waals surface area contributed by atoms with E-state index in [0.29, 0.717) is 18.6 Å². The molecule has 4 rings (SSSR count). The summed E-state index contributed by atoms with van der Waals surface area (Å²) < 4.78 is 10.4. The van der Waals surface area contributed by atoms with Crippen LogP contribution in [0.1, 0.15) is 43.1 Å². The maximum Gasteiger partial charge on any atom is 0.338 e. The average Bonchev–Trinajstić information content (AvgIpc) is 3.02. The molecule has 0 N–H and O–H groups in total. The van der Waals surface area contributed by atoms with E-state index < -0.39 is 11.9 Å². The van der Waals surface area contributed by atoms with Crippen molar-refractivity contribution in [3.63, 3.8) is 0 Å². The van der Waals surface area contributed by atoms with Gasteiger partial charge in [-0.1, -0.05) is 29.8 Å². The second kappa shape index (κ2) is 8.83. The standard InChI is InChI=1S/C23H19ClN2O5/c1-30-10-4-9-26-21(27)17-8-7-15(12-18(17)22(26)28)23(29)31-13-16-11-14-5-2-3-6-19(14)25-20(16)24/h2-3,5-8,11-12H,4,9-10,13H2,1H3. The third-order valence-corrected chi connectivity index (χ3v) is 5.37. The van der Waals surface area contributed by atoms with Crippen LogP contribution in [-0.2, 0) is 16.1 Å². The fourth-order valence-corrected chi connectivity index (χ4v) is 3.65. The molecule has 1 aliphatic heterocycles. The Hall–Kier alpha value is -3.29. The number of carbonyl (C=O) groups excluding carboxylic acids is 3. The van der Waals surface area contributed by atoms with Crippen molar-refractivity contribution in [2.24, 2.45) is 0 Å². The highest BCUT2D eigenvalue weighted by atomic mass is 35.5. The van der Waals surface area contributed by atoms with Crippen LogP contribution in [0.15, 0.2) is 48.5 Å². The Labute approximate surface area is 183 Å². The van der Waals surface area contributed by atoms with Crippen molar-refractivity contribution in [2.75, 3.05) is 20.3 Å². The largest absolute Gasteiger partial charge is 0.457 e. The number of esters is 1. The Kier molecular flexibility index (Phi) is 5.97. The number of benzene rings is 2. The number of aromatic nitrogens is 1. The predicted molar refractivity (Wildman–Crippen MR) is 114 cm³/mol. The molecule has 0 aliphatic carbocycles. The summed E-state index contributed by atoms with van der Waals surface area (Å²) in [6.45, 7) is 0.632. The number of ether oxygens (including phenoxy) is 2. The van der Waals surface area contributed by atoms with Gasteiger partial charge in [0.25, 0.3) is 11.8 Å². The third-order valence-electron chi connectivity index (χ3n) is 5.05. The topological polar surface area (TPSA) is 85.8 Å². The van der Waals surface area contributed by atoms with Gasteiger partial charge in [-0.3, -0.25) is 14.5 Å². The minimum Gasteiger partial charge on any atom is -0.457 e. The van der Waals surface area contributed by atoms with Crippen molar-refractivity contribution in [3.8, 4) is 0 Å². The van der Waals surface area contributed by atoms with E-state index in [4.69, 9.17) is 21.1 Å². The Morgan fingerprint density at radius 1 is 1.06 bits per heavy atom. The number of fused-ring (bicyclic) bond motifs is 2. The van der Waals surface area contributed by atoms with E-state index in [0.717, 1.165) is 10.9 Å². The molecule has 0 spiro atoms. The molecule has 8 heteroatoms. The lowest BCUT2D eigenvalue weighted by atomic mass is 10.1. The molecule has 0 saturated carbocycles. The van der Waals surface area contributed by atoms with E-state index in [1.165, 1.54) is 23.1 Å². The SMILES string of the molecule is COCCCN1C(=O)c2ccc(C(=O)OCc3cc4ccccc4nc3Cl)cc2C1=O. The second-order valence-corrected chi connectivity index (χ2v) is 7.43. The number of hydrogen-bond acceptors (Lipinski definition) is 6. The van der Waals surface area contributed by atoms with Crippen LogP contribution in [0.25, 0.3) is 10.9 Å². The summed E-state index contributed by atoms with van der Waals surface area (Å²) in [7, 11) is 1.56. The van der Waals surface area contributed by atoms with Crippen molar-refractivity contribution in [2.45, 2.75) is 13.0 Å². The van der Waals surface area contributed by atoms with Gasteiger partial charge in [0.1, 0.15) is 11.8 Å². The molecule has 3 aromatic rings. The summed E-state index contributed by atoms with van der Waals surface area (Å²) >= 11 is 6.21. The molecular weight excluding hydrogens is 420 g/mol. The summed E-state index contributed by atoms with van der Waals surface area (Å²) in [5, 5.41) is 1.14. The van der Waals surface area contributed by atoms with Crippen LogP contribution in [0.4, 0.5) is 0 Å². The molecule has 2 heterocycles. The first-order chi connectivity index (χ1) is 15.0. The molecule has 0 radical (unpaired) electrons. The molecule has 0 atom stereocenters. The number of nitrogens with zero attached hydrogens (tertiary/aromatic N) is 2. The van der Waals surface area contributed by atoms with E-state index in [1.807, 2.05) is 30.3 Å². The van der Waals surface area contributed by atoms with Crippen LogP contribution in [0.3, 0.4) is 0 Å². The molecule has 0 fully saturated rings. The summed E-state index contributed by atoms with van der Waals surface area (Å²) in [5.74, 6) is -1.41. The van der Waals surface area contributed by atoms with Crippen LogP contribution in [0.2, 0.25) is 5.15 Å². The molecule has 31 heavy (non-hydrogen) atoms. The van der Waals surface area contributed by atoms with Gasteiger partial charge in [0.15, 0.2) is 0 Å². The third kappa shape index (κ3) is 4.15. The zero-order chi connectivity index (χ0) is 22.0. The normalized spacial score (nSPS) is 13.0. The van der Waals surface area contributed by atoms with Gasteiger partial charge in [-0.05, 0) is 36.8 Å². The van der Waals surface area contributed by atoms with Gasteiger partial charge in [-0.2, -0.15) is 0 Å². The first-order valence-electron chi connectivity index (χ1n) is 9.70. The van der Waals surface area contributed by atoms with Gasteiger partial charge in [0.2, 0.25) is 0 Å². The molecule has 0 unspecified atom stereocenters. The van der Waals surface area contributed by atoms with E-state index >= 15 is 0 Å². The van der Waals surface area contributed by atoms with Crippen LogP contribution in [0.5, 0.6) is 0 Å². The van der Waals surface area contributed by atoms with E-state index in [9.17, 15) is 14.4 Å². The summed E-state index contributed by atoms with van der Waals surface area (Å²) in [5.41, 5.74) is 1.98. The number of rotatable bonds is 7. The van der Waals surface area contributed by atoms with Crippen LogP contribution >= 0.6 is 11.6 Å². The molecule has 7 nitrogen and oxygen atoms in total. The van der Waals surface area contributed by atoms with Gasteiger partial charge >= 0.3 is 5.97 Å². The summed E-state index contributed by atoms with van der Waals surface area (Å²) in [6, 6.07) is 13.7. The van der Waals surface area contributed by atoms with Gasteiger partial charge in [-0.25, -0.2) is 9.78 Å². The molecule has 158 valence electrons. The Bertz CT molecular complexity index is 1190. The lowest BCUT2D eigenvalue weighted by Crippen LogP contribution is -2.31. The van der Waals surface area contributed by atoms with Crippen molar-refractivity contribution in [1.82, 2.24) is 9.88 Å². The van der Waals surface area contributed by atoms with Gasteiger partial charge in [-0.15, -0.1) is 0 Å². The van der Waals surface area contributed by atoms with E-state index in [1.54, 1.807) is 7.11 Å². The molecule has 2 aromatic carbocycles. The maximum absolute atomic E-state index is 12.6. The maximum atomic E-state index is 12.6. The smallest absolute Gasteiger partial charge is 0.338 e. The van der Waals surface area contributed by atoms with E-state index in [-0.39, 0.29) is 40.9 Å². The quantitative estimate of drug-likeness (QED) is 0.241. The lowest BCUT2D eigenvalue weighted by Gasteiger charge is -2.12. The summed E-state index contributed by atoms with van der Waals surface area (Å²) in [4.78, 5) is 43.1. The van der Waals surface area contributed by atoms with Crippen molar-refractivity contribution >= 4 is 40.3 Å². The highest BCUT2D eigenvalue weighted by Gasteiger charge is 2.35. The highest BCUT2D eigenvalue weighted by Crippen LogP contribution is 2.25. The molecule has 2 amide bonds. The zero-order valence-electron chi connectivity index (χ0n) is 16.8. The monoisotopic (exact) mass is 438 g/mol. The minimum atomic E-state index is -0.620. The molecule has 0 saturated heterocycles. The number of halogens is 1. The number of methoxy groups -OCH3 is 1. The average molecular weight is 439 g/mol. The number of para-hydroxylation sites is 1. The molecule has 0 bridgehead atoms. The number of carbonyl (C=O) groups is 3. The number of pyridine rings is 1. The van der Waals surface area contributed by atoms with Crippen LogP contribution < -0.4 is 0 Å². The van der Waals surface area contributed by atoms with Crippen LogP contribution in [-0.4, -0.2) is 47.9 Å². The lowest BCUT2D eigenvalue weighted by molar-refractivity contribution is 0.0472. The summed E-state index contributed by atoms with van der Waals surface area (Å²) in [6.07, 6.45) is 0.539. The Morgan fingerprint density at radius 3 is 2.65 bits per heavy atom. The van der Waals surface area contributed by atoms with Gasteiger partial charge in [0, 0.05) is 31.2 Å². The van der Waals surface area contributed by atoms with E-state index in [2.05, 4.69) is 4.98 Å². The van der Waals surface area contributed by atoms with Crippen molar-refractivity contribution in [3.05, 3.63) is 75.9 Å². The fraction of sp³-hybridized carbons (Fsp3) is 0.217. The molecule has 1 aromatic heterocycles. The van der Waals surface area contributed by atoms with Crippen molar-refractivity contribution in [1.29, 1.82) is 0 Å². The molecule has 1 aliphatic rings. The number of imide groups is 1. The van der Waals surface area contributed by atoms with Crippen LogP contribution in [0, 0.1) is 0 Å². The molecular formula is C23H19ClN2O5. The highest BCUT2D eigenvalue weighted by molar-refractivity contribution is 6.30. The van der Waals surface area contributed by atoms with Gasteiger partial charge in [0.05, 0.1) is 22.2 Å². The number of amides is 2. The number of hydrogen-bond donors (Lipinski definition) is 0. The Morgan fingerprint density at radius 2 is 1.84 bits per heavy atom. The minimum absolute atomic E-state index is 0.0669. The fourth-order valence-electron chi connectivity index (χ4n) is 3.45. The predicted octanol–water partition coefficient (Wildman–Crippen LogP) is 3.88. The Balaban J connectivity index is 1.48. The first kappa shape index (κ1) is 21.0. The first-order valence-corrected chi connectivity index (χ1v) is 10.1. The van der Waals surface area contributed by atoms with Crippen molar-refractivity contribution < 1.29 is 23.9 Å². The second-order valence-electron chi connectivity index (χ2n) is 7.08. The zero-order valence-corrected chi connectivity index (χ0v) is 17.5. The van der Waals surface area contributed by atoms with Gasteiger partial charge < -0.3 is 9.47 Å².